The van der Waals surface area contributed by atoms with Crippen LogP contribution in [0.25, 0.3) is 0 Å². The number of Topliss-reactive ketones (excluding diaryl/α,β-unsaturated/α-hetero) is 1. The third-order valence-electron chi connectivity index (χ3n) is 3.21. The highest BCUT2D eigenvalue weighted by molar-refractivity contribution is 5.93. The van der Waals surface area contributed by atoms with E-state index in [1.807, 2.05) is 0 Å². The first-order valence-electron chi connectivity index (χ1n) is 6.49. The van der Waals surface area contributed by atoms with Crippen molar-refractivity contribution in [1.82, 2.24) is 0 Å². The van der Waals surface area contributed by atoms with Gasteiger partial charge in [0.2, 0.25) is 0 Å². The highest BCUT2D eigenvalue weighted by atomic mass is 16.1. The molecule has 0 aliphatic heterocycles. The predicted molar refractivity (Wildman–Crippen MR) is 67.3 cm³/mol. The van der Waals surface area contributed by atoms with Gasteiger partial charge in [0.1, 0.15) is 12.1 Å². The number of hydrogen-bond donors (Lipinski definition) is 0. The number of rotatable bonds is 9. The first-order chi connectivity index (χ1) is 7.51. The third kappa shape index (κ3) is 6.76. The summed E-state index contributed by atoms with van der Waals surface area (Å²) in [5.41, 5.74) is 0. The first kappa shape index (κ1) is 15.3. The Morgan fingerprint density at radius 1 is 1.12 bits per heavy atom. The van der Waals surface area contributed by atoms with Crippen LogP contribution in [0.5, 0.6) is 0 Å². The summed E-state index contributed by atoms with van der Waals surface area (Å²) in [4.78, 5) is 22.6. The van der Waals surface area contributed by atoms with Crippen LogP contribution in [-0.4, -0.2) is 12.1 Å². The molecular weight excluding hydrogens is 200 g/mol. The van der Waals surface area contributed by atoms with Gasteiger partial charge in [0, 0.05) is 6.42 Å². The summed E-state index contributed by atoms with van der Waals surface area (Å²) in [5.74, 6) is 0.925. The minimum absolute atomic E-state index is 0.135. The average molecular weight is 226 g/mol. The van der Waals surface area contributed by atoms with Gasteiger partial charge in [-0.15, -0.1) is 0 Å². The third-order valence-corrected chi connectivity index (χ3v) is 3.21. The molecule has 2 unspecified atom stereocenters. The Labute approximate surface area is 99.8 Å². The largest absolute Gasteiger partial charge is 0.303 e. The van der Waals surface area contributed by atoms with E-state index in [0.29, 0.717) is 18.3 Å². The second-order valence-electron chi connectivity index (χ2n) is 5.23. The lowest BCUT2D eigenvalue weighted by molar-refractivity contribution is -0.127. The molecule has 0 heterocycles. The second-order valence-corrected chi connectivity index (χ2v) is 5.23. The van der Waals surface area contributed by atoms with Gasteiger partial charge < -0.3 is 4.79 Å². The molecule has 0 aliphatic rings. The van der Waals surface area contributed by atoms with E-state index in [1.165, 1.54) is 0 Å². The van der Waals surface area contributed by atoms with E-state index in [4.69, 9.17) is 0 Å². The number of aldehydes is 1. The molecule has 94 valence electrons. The van der Waals surface area contributed by atoms with Crippen molar-refractivity contribution in [3.05, 3.63) is 0 Å². The van der Waals surface area contributed by atoms with Gasteiger partial charge in [0.05, 0.1) is 5.92 Å². The minimum Gasteiger partial charge on any atom is -0.303 e. The maximum atomic E-state index is 11.8. The Kier molecular flexibility index (Phi) is 8.14. The summed E-state index contributed by atoms with van der Waals surface area (Å²) < 4.78 is 0. The Hall–Kier alpha value is -0.660. The van der Waals surface area contributed by atoms with Crippen LogP contribution in [-0.2, 0) is 9.59 Å². The van der Waals surface area contributed by atoms with Gasteiger partial charge in [0.15, 0.2) is 0 Å². The molecule has 2 atom stereocenters. The van der Waals surface area contributed by atoms with E-state index in [1.54, 1.807) is 0 Å². The summed E-state index contributed by atoms with van der Waals surface area (Å²) in [7, 11) is 0. The molecular formula is C14H26O2. The minimum atomic E-state index is -0.355. The second kappa shape index (κ2) is 8.49. The maximum absolute atomic E-state index is 11.8. The van der Waals surface area contributed by atoms with Crippen molar-refractivity contribution >= 4 is 12.1 Å². The quantitative estimate of drug-likeness (QED) is 0.444. The van der Waals surface area contributed by atoms with Crippen LogP contribution >= 0.6 is 0 Å². The predicted octanol–water partition coefficient (Wildman–Crippen LogP) is 3.63. The molecule has 0 fully saturated rings. The van der Waals surface area contributed by atoms with E-state index in [0.717, 1.165) is 32.0 Å². The normalized spacial score (nSPS) is 14.8. The zero-order chi connectivity index (χ0) is 12.6. The van der Waals surface area contributed by atoms with Crippen LogP contribution in [0.15, 0.2) is 0 Å². The van der Waals surface area contributed by atoms with Crippen molar-refractivity contribution in [1.29, 1.82) is 0 Å². The van der Waals surface area contributed by atoms with Crippen molar-refractivity contribution in [3.8, 4) is 0 Å². The van der Waals surface area contributed by atoms with Crippen LogP contribution in [0.3, 0.4) is 0 Å². The van der Waals surface area contributed by atoms with E-state index in [2.05, 4.69) is 27.7 Å². The number of carbonyl (C=O) groups is 2. The molecule has 0 spiro atoms. The van der Waals surface area contributed by atoms with Crippen molar-refractivity contribution in [3.63, 3.8) is 0 Å². The highest BCUT2D eigenvalue weighted by Crippen LogP contribution is 2.16. The van der Waals surface area contributed by atoms with Crippen LogP contribution in [0.1, 0.15) is 59.8 Å². The van der Waals surface area contributed by atoms with Gasteiger partial charge in [0.25, 0.3) is 0 Å². The first-order valence-corrected chi connectivity index (χ1v) is 6.49. The van der Waals surface area contributed by atoms with Crippen molar-refractivity contribution in [2.24, 2.45) is 17.8 Å². The summed E-state index contributed by atoms with van der Waals surface area (Å²) in [5, 5.41) is 0. The molecule has 0 aromatic rings. The van der Waals surface area contributed by atoms with Gasteiger partial charge in [-0.05, 0) is 31.1 Å². The van der Waals surface area contributed by atoms with Crippen molar-refractivity contribution < 1.29 is 9.59 Å². The van der Waals surface area contributed by atoms with Crippen LogP contribution in [0, 0.1) is 17.8 Å². The fraction of sp³-hybridized carbons (Fsp3) is 0.857. The molecule has 0 N–H and O–H groups in total. The van der Waals surface area contributed by atoms with Gasteiger partial charge in [-0.1, -0.05) is 34.1 Å². The molecule has 0 aromatic heterocycles. The SMILES string of the molecule is CCC(C)CCC(=O)C(C=O)CCC(C)C. The van der Waals surface area contributed by atoms with Crippen LogP contribution in [0.2, 0.25) is 0 Å². The molecule has 0 rings (SSSR count). The lowest BCUT2D eigenvalue weighted by atomic mass is 9.91. The molecule has 16 heavy (non-hydrogen) atoms. The molecule has 0 saturated heterocycles. The maximum Gasteiger partial charge on any atom is 0.143 e. The fourth-order valence-corrected chi connectivity index (χ4v) is 1.60. The Balaban J connectivity index is 3.96. The number of hydrogen-bond acceptors (Lipinski definition) is 2. The smallest absolute Gasteiger partial charge is 0.143 e. The molecule has 0 amide bonds. The zero-order valence-corrected chi connectivity index (χ0v) is 11.2. The Morgan fingerprint density at radius 2 is 1.75 bits per heavy atom. The molecule has 0 radical (unpaired) electrons. The average Bonchev–Trinajstić information content (AvgIpc) is 2.26. The van der Waals surface area contributed by atoms with Crippen LogP contribution < -0.4 is 0 Å². The molecule has 0 saturated carbocycles. The van der Waals surface area contributed by atoms with Gasteiger partial charge in [-0.25, -0.2) is 0 Å². The highest BCUT2D eigenvalue weighted by Gasteiger charge is 2.18. The van der Waals surface area contributed by atoms with E-state index >= 15 is 0 Å². The summed E-state index contributed by atoms with van der Waals surface area (Å²) >= 11 is 0. The van der Waals surface area contributed by atoms with Crippen LogP contribution in [0.4, 0.5) is 0 Å². The topological polar surface area (TPSA) is 34.1 Å². The van der Waals surface area contributed by atoms with Gasteiger partial charge in [-0.2, -0.15) is 0 Å². The summed E-state index contributed by atoms with van der Waals surface area (Å²) in [6.07, 6.45) is 5.10. The summed E-state index contributed by atoms with van der Waals surface area (Å²) in [6, 6.07) is 0. The molecule has 2 nitrogen and oxygen atoms in total. The monoisotopic (exact) mass is 226 g/mol. The fourth-order valence-electron chi connectivity index (χ4n) is 1.60. The standard InChI is InChI=1S/C14H26O2/c1-5-12(4)7-9-14(16)13(10-15)8-6-11(2)3/h10-13H,5-9H2,1-4H3. The zero-order valence-electron chi connectivity index (χ0n) is 11.2. The van der Waals surface area contributed by atoms with Gasteiger partial charge >= 0.3 is 0 Å². The molecule has 0 bridgehead atoms. The molecule has 0 aliphatic carbocycles. The van der Waals surface area contributed by atoms with Crippen molar-refractivity contribution in [2.75, 3.05) is 0 Å². The lowest BCUT2D eigenvalue weighted by Crippen LogP contribution is -2.17. The lowest BCUT2D eigenvalue weighted by Gasteiger charge is -2.12. The number of carbonyl (C=O) groups excluding carboxylic acids is 2. The van der Waals surface area contributed by atoms with Gasteiger partial charge in [-0.3, -0.25) is 4.79 Å². The van der Waals surface area contributed by atoms with E-state index in [-0.39, 0.29) is 11.7 Å². The Bertz CT molecular complexity index is 209. The molecule has 0 aromatic carbocycles. The van der Waals surface area contributed by atoms with Crippen molar-refractivity contribution in [2.45, 2.75) is 59.8 Å². The number of ketones is 1. The van der Waals surface area contributed by atoms with E-state index < -0.39 is 0 Å². The molecule has 2 heteroatoms. The Morgan fingerprint density at radius 3 is 2.19 bits per heavy atom. The summed E-state index contributed by atoms with van der Waals surface area (Å²) in [6.45, 7) is 8.51. The van der Waals surface area contributed by atoms with E-state index in [9.17, 15) is 9.59 Å².